The highest BCUT2D eigenvalue weighted by atomic mass is 16.5. The van der Waals surface area contributed by atoms with Gasteiger partial charge in [0.2, 0.25) is 0 Å². The molecule has 0 bridgehead atoms. The van der Waals surface area contributed by atoms with Crippen LogP contribution < -0.4 is 0 Å². The number of allylic oxidation sites excluding steroid dienone is 1. The van der Waals surface area contributed by atoms with Crippen LogP contribution in [0.25, 0.3) is 0 Å². The number of hydrogen-bond donors (Lipinski definition) is 1. The van der Waals surface area contributed by atoms with Gasteiger partial charge in [-0.05, 0) is 111 Å². The first kappa shape index (κ1) is 36.3. The molecule has 1 N–H and O–H groups in total. The van der Waals surface area contributed by atoms with Crippen LogP contribution in [0.2, 0.25) is 0 Å². The van der Waals surface area contributed by atoms with E-state index in [0.29, 0.717) is 60.8 Å². The van der Waals surface area contributed by atoms with E-state index >= 15 is 0 Å². The molecular formula is C45H50N2O8. The van der Waals surface area contributed by atoms with Crippen LogP contribution in [0.1, 0.15) is 125 Å². The number of benzene rings is 2. The lowest BCUT2D eigenvalue weighted by Crippen LogP contribution is -2.61. The van der Waals surface area contributed by atoms with Crippen LogP contribution in [-0.2, 0) is 9.47 Å². The number of carbonyl (C=O) groups excluding carboxylic acids is 4. The van der Waals surface area contributed by atoms with Crippen LogP contribution >= 0.6 is 0 Å². The first-order valence-electron chi connectivity index (χ1n) is 20.1. The predicted molar refractivity (Wildman–Crippen MR) is 202 cm³/mol. The summed E-state index contributed by atoms with van der Waals surface area (Å²) in [5.41, 5.74) is 2.87. The Morgan fingerprint density at radius 1 is 0.782 bits per heavy atom. The van der Waals surface area contributed by atoms with Crippen molar-refractivity contribution in [2.24, 2.45) is 22.7 Å². The van der Waals surface area contributed by atoms with Crippen LogP contribution in [0, 0.1) is 22.7 Å². The van der Waals surface area contributed by atoms with E-state index in [-0.39, 0.29) is 59.6 Å². The minimum absolute atomic E-state index is 0.00228. The molecule has 2 aliphatic heterocycles. The van der Waals surface area contributed by atoms with Crippen molar-refractivity contribution >= 4 is 23.6 Å². The van der Waals surface area contributed by atoms with Gasteiger partial charge >= 0.3 is 0 Å². The summed E-state index contributed by atoms with van der Waals surface area (Å²) < 4.78 is 18.6. The summed E-state index contributed by atoms with van der Waals surface area (Å²) in [4.78, 5) is 54.7. The van der Waals surface area contributed by atoms with E-state index in [1.165, 1.54) is 15.4 Å². The Balaban J connectivity index is 0.828. The molecule has 8 atom stereocenters. The van der Waals surface area contributed by atoms with Crippen molar-refractivity contribution in [1.29, 1.82) is 0 Å². The molecule has 10 nitrogen and oxygen atoms in total. The number of imide groups is 2. The van der Waals surface area contributed by atoms with Crippen LogP contribution in [-0.4, -0.2) is 82.6 Å². The van der Waals surface area contributed by atoms with Crippen molar-refractivity contribution in [1.82, 2.24) is 9.80 Å². The van der Waals surface area contributed by atoms with Gasteiger partial charge in [0.05, 0.1) is 59.2 Å². The third kappa shape index (κ3) is 5.69. The molecule has 1 aromatic heterocycles. The number of carbonyl (C=O) groups is 4. The molecule has 4 amide bonds. The Morgan fingerprint density at radius 3 is 2.07 bits per heavy atom. The molecule has 2 unspecified atom stereocenters. The molecule has 0 spiro atoms. The molecule has 288 valence electrons. The van der Waals surface area contributed by atoms with Crippen LogP contribution in [0.4, 0.5) is 0 Å². The van der Waals surface area contributed by atoms with E-state index in [4.69, 9.17) is 13.9 Å². The number of ether oxygens (including phenoxy) is 2. The Labute approximate surface area is 321 Å². The molecule has 2 aromatic carbocycles. The molecule has 3 aromatic rings. The quantitative estimate of drug-likeness (QED) is 0.124. The lowest BCUT2D eigenvalue weighted by atomic mass is 9.46. The Bertz CT molecular complexity index is 1990. The van der Waals surface area contributed by atoms with Gasteiger partial charge in [0, 0.05) is 31.0 Å². The van der Waals surface area contributed by atoms with Crippen molar-refractivity contribution in [3.63, 3.8) is 0 Å². The van der Waals surface area contributed by atoms with Crippen molar-refractivity contribution in [3.8, 4) is 0 Å². The summed E-state index contributed by atoms with van der Waals surface area (Å²) in [6.07, 6.45) is 13.1. The van der Waals surface area contributed by atoms with Gasteiger partial charge in [-0.15, -0.1) is 0 Å². The highest BCUT2D eigenvalue weighted by Crippen LogP contribution is 2.67. The molecule has 3 saturated carbocycles. The number of nitrogens with zero attached hydrogens (tertiary/aromatic N) is 2. The second kappa shape index (κ2) is 13.7. The van der Waals surface area contributed by atoms with Gasteiger partial charge in [0.15, 0.2) is 0 Å². The fourth-order valence-electron chi connectivity index (χ4n) is 11.5. The molecular weight excluding hydrogens is 697 g/mol. The van der Waals surface area contributed by atoms with Gasteiger partial charge in [-0.1, -0.05) is 49.8 Å². The van der Waals surface area contributed by atoms with Gasteiger partial charge < -0.3 is 19.0 Å². The standard InChI is InChI=1S/C45H50N2O8/c1-43-18-14-31(54-22-7-21-46-39(48)32-8-3-4-9-33(32)40(46)49)24-30(43)12-13-37-36(43)15-19-44(2)38(16-20-45(37,44)52)55-27-29(28-17-23-53-26-28)25-47-41(50)34-10-5-6-11-35(34)42(47)51/h3-6,8-11,17,23-24,26,29,31,36-38,52H,7,12-16,18-22,25,27H2,1-2H3/t29?,31-,36-,37+,38+,43-,44+,45?/m0/s1. The summed E-state index contributed by atoms with van der Waals surface area (Å²) >= 11 is 0. The highest BCUT2D eigenvalue weighted by Gasteiger charge is 2.67. The normalized spacial score (nSPS) is 32.9. The maximum atomic E-state index is 13.3. The molecule has 0 saturated heterocycles. The van der Waals surface area contributed by atoms with Crippen LogP contribution in [0.15, 0.2) is 83.2 Å². The lowest BCUT2D eigenvalue weighted by molar-refractivity contribution is -0.201. The van der Waals surface area contributed by atoms with E-state index < -0.39 is 11.0 Å². The van der Waals surface area contributed by atoms with E-state index in [1.54, 1.807) is 61.1 Å². The zero-order valence-electron chi connectivity index (χ0n) is 31.7. The third-order valence-electron chi connectivity index (χ3n) is 14.7. The number of hydrogen-bond acceptors (Lipinski definition) is 8. The van der Waals surface area contributed by atoms with E-state index in [2.05, 4.69) is 19.9 Å². The van der Waals surface area contributed by atoms with Gasteiger partial charge in [-0.3, -0.25) is 29.0 Å². The second-order valence-corrected chi connectivity index (χ2v) is 17.2. The Kier molecular flexibility index (Phi) is 9.02. The van der Waals surface area contributed by atoms with Crippen LogP contribution in [0.3, 0.4) is 0 Å². The van der Waals surface area contributed by atoms with Gasteiger partial charge in [0.25, 0.3) is 23.6 Å². The number of aliphatic hydroxyl groups is 1. The third-order valence-corrected chi connectivity index (χ3v) is 14.7. The minimum atomic E-state index is -0.847. The molecule has 9 rings (SSSR count). The van der Waals surface area contributed by atoms with Crippen molar-refractivity contribution in [2.75, 3.05) is 26.3 Å². The monoisotopic (exact) mass is 746 g/mol. The topological polar surface area (TPSA) is 127 Å². The zero-order valence-corrected chi connectivity index (χ0v) is 31.7. The fraction of sp³-hybridized carbons (Fsp3) is 0.511. The van der Waals surface area contributed by atoms with Crippen molar-refractivity contribution in [3.05, 3.63) is 107 Å². The number of rotatable bonds is 11. The molecule has 55 heavy (non-hydrogen) atoms. The van der Waals surface area contributed by atoms with E-state index in [0.717, 1.165) is 50.5 Å². The predicted octanol–water partition coefficient (Wildman–Crippen LogP) is 7.19. The number of amides is 4. The second-order valence-electron chi connectivity index (χ2n) is 17.2. The van der Waals surface area contributed by atoms with Crippen LogP contribution in [0.5, 0.6) is 0 Å². The number of furan rings is 1. The molecule has 10 heteroatoms. The fourth-order valence-corrected chi connectivity index (χ4v) is 11.5. The first-order chi connectivity index (χ1) is 26.5. The van der Waals surface area contributed by atoms with Gasteiger partial charge in [0.1, 0.15) is 0 Å². The largest absolute Gasteiger partial charge is 0.472 e. The minimum Gasteiger partial charge on any atom is -0.472 e. The molecule has 0 radical (unpaired) electrons. The smallest absolute Gasteiger partial charge is 0.261 e. The first-order valence-corrected chi connectivity index (χ1v) is 20.1. The SMILES string of the molecule is C[C@]12CC[C@H](OCCCN3C(=O)c4ccccc4C3=O)C=C1CC[C@@H]1[C@@H]2CC[C@]2(C)[C@H](OCC(CN3C(=O)c4ccccc4C3=O)c3ccoc3)CCC12O. The number of fused-ring (bicyclic) bond motifs is 7. The van der Waals surface area contributed by atoms with Crippen molar-refractivity contribution in [2.45, 2.75) is 95.4 Å². The van der Waals surface area contributed by atoms with Gasteiger partial charge in [-0.2, -0.15) is 0 Å². The maximum absolute atomic E-state index is 13.3. The summed E-state index contributed by atoms with van der Waals surface area (Å²) in [5.74, 6) is -0.750. The van der Waals surface area contributed by atoms with Gasteiger partial charge in [-0.25, -0.2) is 0 Å². The molecule has 3 fully saturated rings. The maximum Gasteiger partial charge on any atom is 0.261 e. The Hall–Kier alpha value is -4.38. The summed E-state index contributed by atoms with van der Waals surface area (Å²) in [6.45, 7) is 5.94. The lowest BCUT2D eigenvalue weighted by Gasteiger charge is -2.61. The van der Waals surface area contributed by atoms with E-state index in [1.807, 2.05) is 6.07 Å². The average molecular weight is 747 g/mol. The summed E-state index contributed by atoms with van der Waals surface area (Å²) in [6, 6.07) is 15.8. The highest BCUT2D eigenvalue weighted by molar-refractivity contribution is 6.22. The summed E-state index contributed by atoms with van der Waals surface area (Å²) in [7, 11) is 0. The Morgan fingerprint density at radius 2 is 1.44 bits per heavy atom. The summed E-state index contributed by atoms with van der Waals surface area (Å²) in [5, 5.41) is 12.8. The zero-order chi connectivity index (χ0) is 38.1. The molecule has 6 aliphatic rings. The molecule has 3 heterocycles. The molecule has 4 aliphatic carbocycles. The van der Waals surface area contributed by atoms with Crippen molar-refractivity contribution < 1.29 is 38.2 Å². The van der Waals surface area contributed by atoms with E-state index in [9.17, 15) is 24.3 Å². The average Bonchev–Trinajstić information content (AvgIpc) is 3.94.